The first-order valence-electron chi connectivity index (χ1n) is 6.28. The highest BCUT2D eigenvalue weighted by Crippen LogP contribution is 2.21. The van der Waals surface area contributed by atoms with E-state index in [0.29, 0.717) is 0 Å². The Bertz CT molecular complexity index is 425. The smallest absolute Gasteiger partial charge is 0.209 e. The second-order valence-electron chi connectivity index (χ2n) is 4.83. The molecule has 1 aliphatic rings. The molecule has 5 heteroatoms. The zero-order valence-electron chi connectivity index (χ0n) is 11.0. The second kappa shape index (κ2) is 5.35. The molecule has 0 saturated carbocycles. The minimum atomic E-state index is 0.0113. The third kappa shape index (κ3) is 2.61. The van der Waals surface area contributed by atoms with E-state index in [1.165, 1.54) is 0 Å². The first kappa shape index (κ1) is 12.8. The first-order valence-corrected chi connectivity index (χ1v) is 6.28. The number of carbonyl (C=O) groups excluding carboxylic acids is 1. The Morgan fingerprint density at radius 1 is 1.39 bits per heavy atom. The van der Waals surface area contributed by atoms with Gasteiger partial charge in [-0.2, -0.15) is 0 Å². The van der Waals surface area contributed by atoms with Crippen molar-refractivity contribution >= 4 is 12.2 Å². The molecular weight excluding hydrogens is 228 g/mol. The molecule has 0 spiro atoms. The fourth-order valence-electron chi connectivity index (χ4n) is 2.21. The van der Waals surface area contributed by atoms with Crippen LogP contribution in [-0.4, -0.2) is 42.5 Å². The third-order valence-electron chi connectivity index (χ3n) is 3.36. The van der Waals surface area contributed by atoms with Gasteiger partial charge in [0.2, 0.25) is 6.41 Å². The van der Waals surface area contributed by atoms with Crippen LogP contribution in [0.4, 0.5) is 5.82 Å². The predicted molar refractivity (Wildman–Crippen MR) is 71.4 cm³/mol. The Morgan fingerprint density at radius 3 is 2.56 bits per heavy atom. The molecule has 5 nitrogen and oxygen atoms in total. The molecule has 1 aliphatic heterocycles. The molecule has 1 aromatic rings. The van der Waals surface area contributed by atoms with Crippen molar-refractivity contribution in [3.63, 3.8) is 0 Å². The predicted octanol–water partition coefficient (Wildman–Crippen LogP) is 0.688. The van der Waals surface area contributed by atoms with E-state index in [1.54, 1.807) is 4.90 Å². The number of aromatic nitrogens is 1. The Kier molecular flexibility index (Phi) is 3.81. The van der Waals surface area contributed by atoms with E-state index < -0.39 is 0 Å². The van der Waals surface area contributed by atoms with Crippen LogP contribution in [0.5, 0.6) is 0 Å². The number of nitrogens with two attached hydrogens (primary N) is 1. The molecule has 2 N–H and O–H groups in total. The summed E-state index contributed by atoms with van der Waals surface area (Å²) in [6.07, 6.45) is 2.76. The van der Waals surface area contributed by atoms with E-state index in [1.807, 2.05) is 13.1 Å². The van der Waals surface area contributed by atoms with Crippen molar-refractivity contribution in [2.24, 2.45) is 5.73 Å². The summed E-state index contributed by atoms with van der Waals surface area (Å²) >= 11 is 0. The van der Waals surface area contributed by atoms with Crippen molar-refractivity contribution in [3.8, 4) is 0 Å². The number of amides is 1. The van der Waals surface area contributed by atoms with Crippen LogP contribution < -0.4 is 10.6 Å². The summed E-state index contributed by atoms with van der Waals surface area (Å²) in [7, 11) is 0. The van der Waals surface area contributed by atoms with Crippen LogP contribution in [0.15, 0.2) is 12.3 Å². The highest BCUT2D eigenvalue weighted by molar-refractivity contribution is 5.51. The highest BCUT2D eigenvalue weighted by Gasteiger charge is 2.18. The number of nitrogens with zero attached hydrogens (tertiary/aromatic N) is 3. The quantitative estimate of drug-likeness (QED) is 0.799. The standard InChI is InChI=1S/C13H20N4O/c1-10-7-12(11(2)14)8-15-13(10)17-5-3-16(9-18)4-6-17/h7-9,11H,3-6,14H2,1-2H3. The second-order valence-corrected chi connectivity index (χ2v) is 4.83. The van der Waals surface area contributed by atoms with Gasteiger partial charge in [0.25, 0.3) is 0 Å². The summed E-state index contributed by atoms with van der Waals surface area (Å²) in [5, 5.41) is 0. The number of pyridine rings is 1. The van der Waals surface area contributed by atoms with Crippen molar-refractivity contribution in [1.29, 1.82) is 0 Å². The average Bonchev–Trinajstić information content (AvgIpc) is 2.38. The molecule has 0 aliphatic carbocycles. The van der Waals surface area contributed by atoms with E-state index in [9.17, 15) is 4.79 Å². The number of hydrogen-bond acceptors (Lipinski definition) is 4. The van der Waals surface area contributed by atoms with E-state index in [0.717, 1.165) is 49.5 Å². The van der Waals surface area contributed by atoms with Gasteiger partial charge < -0.3 is 15.5 Å². The van der Waals surface area contributed by atoms with Gasteiger partial charge in [0.1, 0.15) is 5.82 Å². The van der Waals surface area contributed by atoms with Crippen LogP contribution in [0.1, 0.15) is 24.1 Å². The van der Waals surface area contributed by atoms with Crippen molar-refractivity contribution in [2.75, 3.05) is 31.1 Å². The Labute approximate surface area is 108 Å². The van der Waals surface area contributed by atoms with Gasteiger partial charge in [-0.3, -0.25) is 4.79 Å². The van der Waals surface area contributed by atoms with Gasteiger partial charge in [0.15, 0.2) is 0 Å². The lowest BCUT2D eigenvalue weighted by molar-refractivity contribution is -0.118. The van der Waals surface area contributed by atoms with E-state index in [-0.39, 0.29) is 6.04 Å². The summed E-state index contributed by atoms with van der Waals surface area (Å²) in [5.41, 5.74) is 8.05. The summed E-state index contributed by atoms with van der Waals surface area (Å²) in [6.45, 7) is 7.22. The maximum absolute atomic E-state index is 10.7. The third-order valence-corrected chi connectivity index (χ3v) is 3.36. The minimum absolute atomic E-state index is 0.0113. The van der Waals surface area contributed by atoms with Gasteiger partial charge >= 0.3 is 0 Å². The average molecular weight is 248 g/mol. The number of carbonyl (C=O) groups is 1. The number of rotatable bonds is 3. The molecule has 0 aromatic carbocycles. The van der Waals surface area contributed by atoms with Gasteiger partial charge in [-0.25, -0.2) is 4.98 Å². The summed E-state index contributed by atoms with van der Waals surface area (Å²) in [6, 6.07) is 2.11. The first-order chi connectivity index (χ1) is 8.61. The zero-order valence-corrected chi connectivity index (χ0v) is 11.0. The van der Waals surface area contributed by atoms with Crippen LogP contribution in [0.3, 0.4) is 0 Å². The van der Waals surface area contributed by atoms with Crippen LogP contribution in [0.25, 0.3) is 0 Å². The zero-order chi connectivity index (χ0) is 13.1. The molecular formula is C13H20N4O. The number of hydrogen-bond donors (Lipinski definition) is 1. The lowest BCUT2D eigenvalue weighted by Crippen LogP contribution is -2.46. The summed E-state index contributed by atoms with van der Waals surface area (Å²) in [4.78, 5) is 19.2. The molecule has 1 saturated heterocycles. The molecule has 1 atom stereocenters. The van der Waals surface area contributed by atoms with Gasteiger partial charge in [-0.1, -0.05) is 0 Å². The van der Waals surface area contributed by atoms with Crippen LogP contribution in [-0.2, 0) is 4.79 Å². The van der Waals surface area contributed by atoms with Crippen LogP contribution in [0, 0.1) is 6.92 Å². The maximum Gasteiger partial charge on any atom is 0.209 e. The number of piperazine rings is 1. The van der Waals surface area contributed by atoms with Gasteiger partial charge in [-0.05, 0) is 31.0 Å². The van der Waals surface area contributed by atoms with Crippen molar-refractivity contribution in [3.05, 3.63) is 23.4 Å². The van der Waals surface area contributed by atoms with E-state index in [4.69, 9.17) is 5.73 Å². The Balaban J connectivity index is 2.12. The van der Waals surface area contributed by atoms with Gasteiger partial charge in [0.05, 0.1) is 0 Å². The van der Waals surface area contributed by atoms with Crippen molar-refractivity contribution in [2.45, 2.75) is 19.9 Å². The molecule has 0 radical (unpaired) electrons. The van der Waals surface area contributed by atoms with E-state index >= 15 is 0 Å². The van der Waals surface area contributed by atoms with E-state index in [2.05, 4.69) is 22.9 Å². The topological polar surface area (TPSA) is 62.5 Å². The molecule has 0 bridgehead atoms. The summed E-state index contributed by atoms with van der Waals surface area (Å²) < 4.78 is 0. The number of aryl methyl sites for hydroxylation is 1. The maximum atomic E-state index is 10.7. The molecule has 1 aromatic heterocycles. The fourth-order valence-corrected chi connectivity index (χ4v) is 2.21. The SMILES string of the molecule is Cc1cc(C(C)N)cnc1N1CCN(C=O)CC1. The molecule has 1 unspecified atom stereocenters. The lowest BCUT2D eigenvalue weighted by Gasteiger charge is -2.34. The van der Waals surface area contributed by atoms with Gasteiger partial charge in [-0.15, -0.1) is 0 Å². The molecule has 2 rings (SSSR count). The van der Waals surface area contributed by atoms with Crippen molar-refractivity contribution in [1.82, 2.24) is 9.88 Å². The monoisotopic (exact) mass is 248 g/mol. The fraction of sp³-hybridized carbons (Fsp3) is 0.538. The lowest BCUT2D eigenvalue weighted by atomic mass is 10.1. The van der Waals surface area contributed by atoms with Crippen molar-refractivity contribution < 1.29 is 4.79 Å². The Hall–Kier alpha value is -1.62. The molecule has 1 amide bonds. The summed E-state index contributed by atoms with van der Waals surface area (Å²) in [5.74, 6) is 1.00. The normalized spacial score (nSPS) is 17.7. The Morgan fingerprint density at radius 2 is 2.06 bits per heavy atom. The van der Waals surface area contributed by atoms with Gasteiger partial charge in [0, 0.05) is 38.4 Å². The minimum Gasteiger partial charge on any atom is -0.353 e. The molecule has 2 heterocycles. The molecule has 18 heavy (non-hydrogen) atoms. The highest BCUT2D eigenvalue weighted by atomic mass is 16.1. The van der Waals surface area contributed by atoms with Crippen LogP contribution in [0.2, 0.25) is 0 Å². The van der Waals surface area contributed by atoms with Crippen LogP contribution >= 0.6 is 0 Å². The largest absolute Gasteiger partial charge is 0.353 e. The molecule has 98 valence electrons. The number of anilines is 1. The molecule has 1 fully saturated rings.